The van der Waals surface area contributed by atoms with Crippen molar-refractivity contribution >= 4 is 17.1 Å². The molecule has 1 rings (SSSR count). The molecule has 0 saturated heterocycles. The Morgan fingerprint density at radius 2 is 2.36 bits per heavy atom. The monoisotopic (exact) mass is 177 g/mol. The minimum absolute atomic E-state index is 0.137. The number of halogens is 2. The third kappa shape index (κ3) is 1.80. The first-order chi connectivity index (χ1) is 5.11. The van der Waals surface area contributed by atoms with Gasteiger partial charge in [0.25, 0.3) is 0 Å². The summed E-state index contributed by atoms with van der Waals surface area (Å²) in [5.41, 5.74) is -0.137. The quantitative estimate of drug-likeness (QED) is 0.646. The van der Waals surface area contributed by atoms with Crippen LogP contribution in [0.2, 0.25) is 0 Å². The highest BCUT2D eigenvalue weighted by Crippen LogP contribution is 2.11. The molecule has 0 spiro atoms. The normalized spacial score (nSPS) is 10.5. The Balaban J connectivity index is 2.85. The van der Waals surface area contributed by atoms with E-state index in [1.165, 1.54) is 16.7 Å². The van der Waals surface area contributed by atoms with Gasteiger partial charge in [0.05, 0.1) is 5.01 Å². The minimum Gasteiger partial charge on any atom is -0.286 e. The standard InChI is InChI=1S/C6H5F2NOS/c1-3-9-4(2-11-3)5(10)6(7)8/h2,6H,1H3. The fraction of sp³-hybridized carbons (Fsp3) is 0.333. The molecule has 0 N–H and O–H groups in total. The van der Waals surface area contributed by atoms with Gasteiger partial charge in [-0.25, -0.2) is 13.8 Å². The molecule has 0 aliphatic carbocycles. The number of alkyl halides is 2. The maximum absolute atomic E-state index is 11.7. The third-order valence-electron chi connectivity index (χ3n) is 1.07. The van der Waals surface area contributed by atoms with Gasteiger partial charge in [-0.1, -0.05) is 0 Å². The van der Waals surface area contributed by atoms with Crippen LogP contribution in [0.15, 0.2) is 5.38 Å². The van der Waals surface area contributed by atoms with Crippen LogP contribution in [0.3, 0.4) is 0 Å². The van der Waals surface area contributed by atoms with E-state index in [1.807, 2.05) is 0 Å². The predicted molar refractivity (Wildman–Crippen MR) is 37.2 cm³/mol. The molecule has 0 bridgehead atoms. The molecule has 0 aliphatic heterocycles. The Morgan fingerprint density at radius 3 is 2.73 bits per heavy atom. The number of aryl methyl sites for hydroxylation is 1. The van der Waals surface area contributed by atoms with Crippen LogP contribution in [0.1, 0.15) is 15.5 Å². The van der Waals surface area contributed by atoms with Crippen LogP contribution < -0.4 is 0 Å². The van der Waals surface area contributed by atoms with Crippen LogP contribution in [0.25, 0.3) is 0 Å². The summed E-state index contributed by atoms with van der Waals surface area (Å²) < 4.78 is 23.5. The molecule has 0 saturated carbocycles. The Hall–Kier alpha value is -0.840. The highest BCUT2D eigenvalue weighted by atomic mass is 32.1. The summed E-state index contributed by atoms with van der Waals surface area (Å²) in [5.74, 6) is -1.20. The maximum atomic E-state index is 11.7. The highest BCUT2D eigenvalue weighted by Gasteiger charge is 2.19. The van der Waals surface area contributed by atoms with Crippen LogP contribution >= 0.6 is 11.3 Å². The van der Waals surface area contributed by atoms with Crippen molar-refractivity contribution < 1.29 is 13.6 Å². The van der Waals surface area contributed by atoms with Gasteiger partial charge in [0.2, 0.25) is 5.78 Å². The van der Waals surface area contributed by atoms with Crippen LogP contribution in [-0.2, 0) is 0 Å². The van der Waals surface area contributed by atoms with Crippen molar-refractivity contribution in [1.29, 1.82) is 0 Å². The SMILES string of the molecule is Cc1nc(C(=O)C(F)F)cs1. The van der Waals surface area contributed by atoms with Gasteiger partial charge in [-0.15, -0.1) is 11.3 Å². The Labute approximate surface area is 65.9 Å². The van der Waals surface area contributed by atoms with Crippen molar-refractivity contribution in [1.82, 2.24) is 4.98 Å². The van der Waals surface area contributed by atoms with Crippen molar-refractivity contribution in [2.24, 2.45) is 0 Å². The largest absolute Gasteiger partial charge is 0.302 e. The molecule has 0 aliphatic rings. The smallest absolute Gasteiger partial charge is 0.286 e. The zero-order chi connectivity index (χ0) is 8.43. The Morgan fingerprint density at radius 1 is 1.73 bits per heavy atom. The topological polar surface area (TPSA) is 30.0 Å². The van der Waals surface area contributed by atoms with Gasteiger partial charge in [-0.05, 0) is 6.92 Å². The van der Waals surface area contributed by atoms with Gasteiger partial charge in [0.1, 0.15) is 5.69 Å². The van der Waals surface area contributed by atoms with E-state index in [0.717, 1.165) is 0 Å². The summed E-state index contributed by atoms with van der Waals surface area (Å²) >= 11 is 1.18. The molecular weight excluding hydrogens is 172 g/mol. The van der Waals surface area contributed by atoms with Crippen LogP contribution in [0.4, 0.5) is 8.78 Å². The molecule has 1 heterocycles. The Kier molecular flexibility index (Phi) is 2.28. The van der Waals surface area contributed by atoms with Crippen molar-refractivity contribution in [3.05, 3.63) is 16.1 Å². The number of carbonyl (C=O) groups is 1. The molecule has 60 valence electrons. The van der Waals surface area contributed by atoms with Gasteiger partial charge >= 0.3 is 6.43 Å². The van der Waals surface area contributed by atoms with Crippen molar-refractivity contribution in [3.8, 4) is 0 Å². The van der Waals surface area contributed by atoms with Crippen LogP contribution in [-0.4, -0.2) is 17.2 Å². The van der Waals surface area contributed by atoms with Gasteiger partial charge in [0.15, 0.2) is 0 Å². The number of ketones is 1. The number of aromatic nitrogens is 1. The van der Waals surface area contributed by atoms with E-state index in [1.54, 1.807) is 6.92 Å². The lowest BCUT2D eigenvalue weighted by Crippen LogP contribution is -2.10. The van der Waals surface area contributed by atoms with Gasteiger partial charge < -0.3 is 0 Å². The summed E-state index contributed by atoms with van der Waals surface area (Å²) in [7, 11) is 0. The molecule has 2 nitrogen and oxygen atoms in total. The fourth-order valence-electron chi connectivity index (χ4n) is 0.588. The first-order valence-corrected chi connectivity index (χ1v) is 3.73. The lowest BCUT2D eigenvalue weighted by atomic mass is 10.3. The average molecular weight is 177 g/mol. The molecule has 1 aromatic rings. The lowest BCUT2D eigenvalue weighted by molar-refractivity contribution is 0.0674. The van der Waals surface area contributed by atoms with E-state index in [-0.39, 0.29) is 5.69 Å². The first-order valence-electron chi connectivity index (χ1n) is 2.85. The molecule has 0 fully saturated rings. The number of hydrogen-bond acceptors (Lipinski definition) is 3. The van der Waals surface area contributed by atoms with Crippen LogP contribution in [0, 0.1) is 6.92 Å². The average Bonchev–Trinajstić information content (AvgIpc) is 2.34. The van der Waals surface area contributed by atoms with E-state index in [2.05, 4.69) is 4.98 Å². The number of rotatable bonds is 2. The summed E-state index contributed by atoms with van der Waals surface area (Å²) in [6, 6.07) is 0. The number of Topliss-reactive ketones (excluding diaryl/α,β-unsaturated/α-hetero) is 1. The molecule has 0 aromatic carbocycles. The second-order valence-corrected chi connectivity index (χ2v) is 2.98. The maximum Gasteiger partial charge on any atom is 0.302 e. The van der Waals surface area contributed by atoms with E-state index < -0.39 is 12.2 Å². The third-order valence-corrected chi connectivity index (χ3v) is 1.84. The fourth-order valence-corrected chi connectivity index (χ4v) is 1.19. The summed E-state index contributed by atoms with van der Waals surface area (Å²) in [5, 5.41) is 1.96. The lowest BCUT2D eigenvalue weighted by Gasteiger charge is -1.91. The van der Waals surface area contributed by atoms with Crippen molar-refractivity contribution in [2.45, 2.75) is 13.3 Å². The van der Waals surface area contributed by atoms with Crippen molar-refractivity contribution in [2.75, 3.05) is 0 Å². The van der Waals surface area contributed by atoms with E-state index >= 15 is 0 Å². The Bertz CT molecular complexity index is 271. The zero-order valence-corrected chi connectivity index (χ0v) is 6.49. The van der Waals surface area contributed by atoms with Gasteiger partial charge in [0, 0.05) is 5.38 Å². The summed E-state index contributed by atoms with van der Waals surface area (Å²) in [6.07, 6.45) is -2.95. The van der Waals surface area contributed by atoms with Crippen molar-refractivity contribution in [3.63, 3.8) is 0 Å². The molecule has 0 unspecified atom stereocenters. The number of carbonyl (C=O) groups excluding carboxylic acids is 1. The number of thiazole rings is 1. The van der Waals surface area contributed by atoms with E-state index in [4.69, 9.17) is 0 Å². The second kappa shape index (κ2) is 3.04. The molecule has 5 heteroatoms. The van der Waals surface area contributed by atoms with E-state index in [0.29, 0.717) is 5.01 Å². The molecule has 1 aromatic heterocycles. The number of nitrogens with zero attached hydrogens (tertiary/aromatic N) is 1. The number of hydrogen-bond donors (Lipinski definition) is 0. The highest BCUT2D eigenvalue weighted by molar-refractivity contribution is 7.09. The second-order valence-electron chi connectivity index (χ2n) is 1.92. The summed E-state index contributed by atoms with van der Waals surface area (Å²) in [4.78, 5) is 14.2. The van der Waals surface area contributed by atoms with Crippen LogP contribution in [0.5, 0.6) is 0 Å². The van der Waals surface area contributed by atoms with Gasteiger partial charge in [-0.3, -0.25) is 4.79 Å². The summed E-state index contributed by atoms with van der Waals surface area (Å²) in [6.45, 7) is 1.66. The molecular formula is C6H5F2NOS. The predicted octanol–water partition coefficient (Wildman–Crippen LogP) is 1.90. The zero-order valence-electron chi connectivity index (χ0n) is 5.67. The molecule has 0 radical (unpaired) electrons. The van der Waals surface area contributed by atoms with E-state index in [9.17, 15) is 13.6 Å². The molecule has 0 amide bonds. The molecule has 11 heavy (non-hydrogen) atoms. The van der Waals surface area contributed by atoms with Gasteiger partial charge in [-0.2, -0.15) is 0 Å². The molecule has 0 atom stereocenters. The minimum atomic E-state index is -2.95. The first kappa shape index (κ1) is 8.26.